The third kappa shape index (κ3) is 4.17. The molecule has 1 aliphatic rings. The fraction of sp³-hybridized carbons (Fsp3) is 0.185. The molecule has 2 unspecified atom stereocenters. The van der Waals surface area contributed by atoms with Gasteiger partial charge in [0.25, 0.3) is 5.56 Å². The first-order chi connectivity index (χ1) is 16.5. The molecule has 1 aliphatic heterocycles. The summed E-state index contributed by atoms with van der Waals surface area (Å²) in [5, 5.41) is 3.15. The quantitative estimate of drug-likeness (QED) is 0.311. The van der Waals surface area contributed by atoms with E-state index < -0.39 is 0 Å². The molecule has 0 aliphatic carbocycles. The molecule has 172 valence electrons. The summed E-state index contributed by atoms with van der Waals surface area (Å²) in [6.45, 7) is 1.84. The molecule has 5 rings (SSSR count). The van der Waals surface area contributed by atoms with Crippen LogP contribution < -0.4 is 11.0 Å². The molecule has 0 saturated carbocycles. The van der Waals surface area contributed by atoms with Crippen molar-refractivity contribution in [2.24, 2.45) is 0 Å². The summed E-state index contributed by atoms with van der Waals surface area (Å²) in [5.41, 5.74) is 7.30. The molecule has 1 aromatic heterocycles. The molecule has 2 N–H and O–H groups in total. The van der Waals surface area contributed by atoms with Crippen LogP contribution in [0.15, 0.2) is 82.1 Å². The van der Waals surface area contributed by atoms with Gasteiger partial charge in [0.05, 0.1) is 12.1 Å². The van der Waals surface area contributed by atoms with Crippen molar-refractivity contribution in [2.45, 2.75) is 31.8 Å². The Morgan fingerprint density at radius 3 is 2.53 bits per heavy atom. The molecular weight excluding hydrogens is 514 g/mol. The standard InChI is InChI=1S/C27H23BrClN3O2/c1-2-24(33)32-23(16-8-10-18(28)11-9-16)15-22(31-32)26-25(17-6-4-3-5-7-17)20-14-19(29)12-13-21(20)30-27(26)34/h3-14,22-23,31H,2,15H2,1H3,(H,30,34). The summed E-state index contributed by atoms with van der Waals surface area (Å²) in [5.74, 6) is -0.0167. The molecule has 0 spiro atoms. The van der Waals surface area contributed by atoms with E-state index in [-0.39, 0.29) is 23.6 Å². The van der Waals surface area contributed by atoms with E-state index in [2.05, 4.69) is 26.3 Å². The minimum atomic E-state index is -0.355. The molecule has 4 aromatic rings. The zero-order chi connectivity index (χ0) is 23.8. The van der Waals surface area contributed by atoms with Gasteiger partial charge in [-0.1, -0.05) is 76.9 Å². The van der Waals surface area contributed by atoms with Gasteiger partial charge in [0.15, 0.2) is 0 Å². The molecule has 7 heteroatoms. The molecular formula is C27H23BrClN3O2. The smallest absolute Gasteiger partial charge is 0.253 e. The molecule has 34 heavy (non-hydrogen) atoms. The number of hydrazine groups is 1. The summed E-state index contributed by atoms with van der Waals surface area (Å²) in [7, 11) is 0. The molecule has 3 aromatic carbocycles. The maximum Gasteiger partial charge on any atom is 0.253 e. The SMILES string of the molecule is CCC(=O)N1NC(c2c(-c3ccccc3)c3cc(Cl)ccc3[nH]c2=O)CC1c1ccc(Br)cc1. The molecule has 1 amide bonds. The van der Waals surface area contributed by atoms with Gasteiger partial charge in [0.2, 0.25) is 5.91 Å². The molecule has 2 heterocycles. The fourth-order valence-corrected chi connectivity index (χ4v) is 5.17. The minimum Gasteiger partial charge on any atom is -0.322 e. The molecule has 1 fully saturated rings. The highest BCUT2D eigenvalue weighted by atomic mass is 79.9. The average Bonchev–Trinajstić information content (AvgIpc) is 3.29. The van der Waals surface area contributed by atoms with Crippen LogP contribution in [0.5, 0.6) is 0 Å². The van der Waals surface area contributed by atoms with Gasteiger partial charge in [0, 0.05) is 37.9 Å². The van der Waals surface area contributed by atoms with Crippen molar-refractivity contribution in [3.05, 3.63) is 104 Å². The number of aromatic nitrogens is 1. The second kappa shape index (κ2) is 9.37. The lowest BCUT2D eigenvalue weighted by molar-refractivity contribution is -0.135. The minimum absolute atomic E-state index is 0.0167. The summed E-state index contributed by atoms with van der Waals surface area (Å²) >= 11 is 9.85. The Bertz CT molecular complexity index is 1420. The van der Waals surface area contributed by atoms with Crippen LogP contribution >= 0.6 is 27.5 Å². The van der Waals surface area contributed by atoms with E-state index >= 15 is 0 Å². The fourth-order valence-electron chi connectivity index (χ4n) is 4.74. The summed E-state index contributed by atoms with van der Waals surface area (Å²) in [6.07, 6.45) is 0.935. The van der Waals surface area contributed by atoms with Gasteiger partial charge in [0.1, 0.15) is 0 Å². The van der Waals surface area contributed by atoms with Gasteiger partial charge in [-0.05, 0) is 47.9 Å². The van der Waals surface area contributed by atoms with E-state index in [0.717, 1.165) is 32.1 Å². The van der Waals surface area contributed by atoms with Crippen molar-refractivity contribution in [1.82, 2.24) is 15.4 Å². The lowest BCUT2D eigenvalue weighted by Gasteiger charge is -2.24. The zero-order valence-electron chi connectivity index (χ0n) is 18.5. The van der Waals surface area contributed by atoms with Crippen molar-refractivity contribution in [1.29, 1.82) is 0 Å². The normalized spacial score (nSPS) is 17.9. The third-order valence-corrected chi connectivity index (χ3v) is 7.08. The zero-order valence-corrected chi connectivity index (χ0v) is 20.9. The largest absolute Gasteiger partial charge is 0.322 e. The molecule has 1 saturated heterocycles. The van der Waals surface area contributed by atoms with Crippen molar-refractivity contribution < 1.29 is 4.79 Å². The topological polar surface area (TPSA) is 65.2 Å². The second-order valence-corrected chi connectivity index (χ2v) is 9.75. The summed E-state index contributed by atoms with van der Waals surface area (Å²) in [6, 6.07) is 22.7. The van der Waals surface area contributed by atoms with Crippen LogP contribution in [0.2, 0.25) is 5.02 Å². The number of hydrogen-bond donors (Lipinski definition) is 2. The number of carbonyl (C=O) groups excluding carboxylic acids is 1. The lowest BCUT2D eigenvalue weighted by atomic mass is 9.90. The molecule has 0 radical (unpaired) electrons. The molecule has 5 nitrogen and oxygen atoms in total. The number of nitrogens with one attached hydrogen (secondary N) is 2. The lowest BCUT2D eigenvalue weighted by Crippen LogP contribution is -2.39. The number of halogens is 2. The Morgan fingerprint density at radius 2 is 1.82 bits per heavy atom. The number of fused-ring (bicyclic) bond motifs is 1. The number of nitrogens with zero attached hydrogens (tertiary/aromatic N) is 1. The van der Waals surface area contributed by atoms with Crippen molar-refractivity contribution in [3.63, 3.8) is 0 Å². The van der Waals surface area contributed by atoms with E-state index in [9.17, 15) is 9.59 Å². The maximum atomic E-state index is 13.5. The number of rotatable bonds is 4. The first-order valence-corrected chi connectivity index (χ1v) is 12.4. The number of amides is 1. The van der Waals surface area contributed by atoms with E-state index in [1.165, 1.54) is 0 Å². The number of benzene rings is 3. The number of hydrogen-bond acceptors (Lipinski definition) is 3. The van der Waals surface area contributed by atoms with Crippen LogP contribution in [0.3, 0.4) is 0 Å². The molecule has 0 bridgehead atoms. The third-order valence-electron chi connectivity index (χ3n) is 6.32. The number of pyridine rings is 1. The van der Waals surface area contributed by atoms with Crippen LogP contribution in [-0.2, 0) is 4.79 Å². The highest BCUT2D eigenvalue weighted by Crippen LogP contribution is 2.41. The van der Waals surface area contributed by atoms with Crippen molar-refractivity contribution in [3.8, 4) is 11.1 Å². The van der Waals surface area contributed by atoms with Gasteiger partial charge >= 0.3 is 0 Å². The van der Waals surface area contributed by atoms with Gasteiger partial charge in [-0.3, -0.25) is 14.6 Å². The Kier molecular flexibility index (Phi) is 6.30. The van der Waals surface area contributed by atoms with Crippen LogP contribution in [0.4, 0.5) is 0 Å². The predicted molar refractivity (Wildman–Crippen MR) is 140 cm³/mol. The monoisotopic (exact) mass is 535 g/mol. The van der Waals surface area contributed by atoms with Gasteiger partial charge in [-0.15, -0.1) is 0 Å². The second-order valence-electron chi connectivity index (χ2n) is 8.40. The van der Waals surface area contributed by atoms with Crippen LogP contribution in [-0.4, -0.2) is 15.9 Å². The Balaban J connectivity index is 1.69. The van der Waals surface area contributed by atoms with Gasteiger partial charge < -0.3 is 4.98 Å². The highest BCUT2D eigenvalue weighted by Gasteiger charge is 2.38. The van der Waals surface area contributed by atoms with Crippen LogP contribution in [0.25, 0.3) is 22.0 Å². The van der Waals surface area contributed by atoms with Gasteiger partial charge in [-0.25, -0.2) is 5.43 Å². The first-order valence-electron chi connectivity index (χ1n) is 11.2. The Labute approximate surface area is 210 Å². The Hall–Kier alpha value is -2.93. The van der Waals surface area contributed by atoms with Gasteiger partial charge in [-0.2, -0.15) is 0 Å². The van der Waals surface area contributed by atoms with Crippen molar-refractivity contribution >= 4 is 44.3 Å². The van der Waals surface area contributed by atoms with E-state index in [4.69, 9.17) is 11.6 Å². The maximum absolute atomic E-state index is 13.5. The first kappa shape index (κ1) is 22.8. The highest BCUT2D eigenvalue weighted by molar-refractivity contribution is 9.10. The number of aromatic amines is 1. The van der Waals surface area contributed by atoms with Crippen molar-refractivity contribution in [2.75, 3.05) is 0 Å². The average molecular weight is 537 g/mol. The van der Waals surface area contributed by atoms with Crippen LogP contribution in [0.1, 0.15) is 43.0 Å². The van der Waals surface area contributed by atoms with E-state index in [1.54, 1.807) is 11.1 Å². The predicted octanol–water partition coefficient (Wildman–Crippen LogP) is 6.54. The number of H-pyrrole nitrogens is 1. The summed E-state index contributed by atoms with van der Waals surface area (Å²) < 4.78 is 0.973. The Morgan fingerprint density at radius 1 is 1.09 bits per heavy atom. The van der Waals surface area contributed by atoms with Crippen LogP contribution in [0, 0.1) is 0 Å². The van der Waals surface area contributed by atoms with E-state index in [0.29, 0.717) is 23.4 Å². The van der Waals surface area contributed by atoms with E-state index in [1.807, 2.05) is 73.7 Å². The number of carbonyl (C=O) groups is 1. The summed E-state index contributed by atoms with van der Waals surface area (Å²) in [4.78, 5) is 29.4. The molecule has 2 atom stereocenters.